The van der Waals surface area contributed by atoms with Crippen LogP contribution in [0.15, 0.2) is 42.5 Å². The molecule has 174 valence electrons. The molecule has 3 rings (SSSR count). The summed E-state index contributed by atoms with van der Waals surface area (Å²) in [5.41, 5.74) is -6.66. The van der Waals surface area contributed by atoms with Gasteiger partial charge in [0.05, 0.1) is 22.3 Å². The van der Waals surface area contributed by atoms with E-state index in [2.05, 4.69) is 0 Å². The Labute approximate surface area is 182 Å². The second-order valence-corrected chi connectivity index (χ2v) is 9.04. The number of benzene rings is 2. The molecule has 3 nitrogen and oxygen atoms in total. The SMILES string of the molecule is CC(O)(c1cccc(C(F)(F)F)c1)c1ccc(B2OC(C)(C)C(C)(C)O2)c(C(F)(F)F)c1. The Morgan fingerprint density at radius 2 is 1.25 bits per heavy atom. The standard InChI is InChI=1S/C22H23BF6O3/c1-18(2)19(3,4)32-23(31-18)17-10-9-14(12-16(17)22(27,28)29)20(5,30)13-7-6-8-15(11-13)21(24,25)26/h6-12,30H,1-5H3. The smallest absolute Gasteiger partial charge is 0.399 e. The minimum Gasteiger partial charge on any atom is -0.399 e. The van der Waals surface area contributed by atoms with Crippen LogP contribution in [0.1, 0.15) is 56.9 Å². The first-order valence-corrected chi connectivity index (χ1v) is 9.84. The van der Waals surface area contributed by atoms with E-state index in [1.807, 2.05) is 0 Å². The Hall–Kier alpha value is -2.04. The highest BCUT2D eigenvalue weighted by Crippen LogP contribution is 2.40. The van der Waals surface area contributed by atoms with Gasteiger partial charge >= 0.3 is 19.5 Å². The highest BCUT2D eigenvalue weighted by molar-refractivity contribution is 6.62. The van der Waals surface area contributed by atoms with E-state index in [0.29, 0.717) is 0 Å². The third kappa shape index (κ3) is 4.40. The molecular formula is C22H23BF6O3. The third-order valence-electron chi connectivity index (χ3n) is 6.18. The Kier molecular flexibility index (Phi) is 5.76. The van der Waals surface area contributed by atoms with E-state index >= 15 is 0 Å². The number of halogens is 6. The van der Waals surface area contributed by atoms with Gasteiger partial charge in [-0.1, -0.05) is 24.3 Å². The van der Waals surface area contributed by atoms with Gasteiger partial charge in [0.15, 0.2) is 0 Å². The summed E-state index contributed by atoms with van der Waals surface area (Å²) in [6, 6.07) is 6.94. The van der Waals surface area contributed by atoms with Crippen molar-refractivity contribution in [3.63, 3.8) is 0 Å². The van der Waals surface area contributed by atoms with Crippen LogP contribution in [-0.4, -0.2) is 23.4 Å². The van der Waals surface area contributed by atoms with Crippen LogP contribution in [0.4, 0.5) is 26.3 Å². The van der Waals surface area contributed by atoms with Gasteiger partial charge in [0.1, 0.15) is 5.60 Å². The van der Waals surface area contributed by atoms with Gasteiger partial charge in [-0.15, -0.1) is 0 Å². The molecule has 10 heteroatoms. The molecule has 0 aromatic heterocycles. The third-order valence-corrected chi connectivity index (χ3v) is 6.18. The monoisotopic (exact) mass is 460 g/mol. The molecule has 2 aromatic rings. The molecule has 1 saturated heterocycles. The first kappa shape index (κ1) is 24.6. The van der Waals surface area contributed by atoms with Crippen molar-refractivity contribution in [1.29, 1.82) is 0 Å². The van der Waals surface area contributed by atoms with Crippen molar-refractivity contribution in [2.45, 2.75) is 63.8 Å². The predicted octanol–water partition coefficient (Wildman–Crippen LogP) is 5.28. The van der Waals surface area contributed by atoms with Crippen LogP contribution in [0, 0.1) is 0 Å². The van der Waals surface area contributed by atoms with Gasteiger partial charge in [0.25, 0.3) is 0 Å². The second kappa shape index (κ2) is 7.50. The summed E-state index contributed by atoms with van der Waals surface area (Å²) < 4.78 is 92.5. The summed E-state index contributed by atoms with van der Waals surface area (Å²) in [6.45, 7) is 7.95. The number of hydrogen-bond donors (Lipinski definition) is 1. The van der Waals surface area contributed by atoms with E-state index in [4.69, 9.17) is 9.31 Å². The maximum absolute atomic E-state index is 13.9. The summed E-state index contributed by atoms with van der Waals surface area (Å²) in [4.78, 5) is 0. The van der Waals surface area contributed by atoms with Crippen molar-refractivity contribution in [3.8, 4) is 0 Å². The summed E-state index contributed by atoms with van der Waals surface area (Å²) >= 11 is 0. The van der Waals surface area contributed by atoms with Gasteiger partial charge in [-0.05, 0) is 69.4 Å². The molecule has 1 fully saturated rings. The van der Waals surface area contributed by atoms with Crippen LogP contribution in [0.25, 0.3) is 0 Å². The quantitative estimate of drug-likeness (QED) is 0.501. The molecule has 32 heavy (non-hydrogen) atoms. The summed E-state index contributed by atoms with van der Waals surface area (Å²) in [7, 11) is -1.30. The zero-order valence-corrected chi connectivity index (χ0v) is 18.2. The topological polar surface area (TPSA) is 38.7 Å². The zero-order chi connectivity index (χ0) is 24.3. The second-order valence-electron chi connectivity index (χ2n) is 9.04. The molecule has 0 radical (unpaired) electrons. The van der Waals surface area contributed by atoms with E-state index in [1.165, 1.54) is 12.1 Å². The van der Waals surface area contributed by atoms with Crippen molar-refractivity contribution in [2.75, 3.05) is 0 Å². The van der Waals surface area contributed by atoms with Gasteiger partial charge in [-0.3, -0.25) is 0 Å². The molecule has 0 bridgehead atoms. The first-order valence-electron chi connectivity index (χ1n) is 9.84. The fourth-order valence-corrected chi connectivity index (χ4v) is 3.45. The van der Waals surface area contributed by atoms with Crippen LogP contribution in [0.5, 0.6) is 0 Å². The molecule has 0 spiro atoms. The molecule has 1 aliphatic rings. The van der Waals surface area contributed by atoms with E-state index in [0.717, 1.165) is 37.3 Å². The summed E-state index contributed by atoms with van der Waals surface area (Å²) in [6.07, 6.45) is -9.48. The lowest BCUT2D eigenvalue weighted by Gasteiger charge is -2.32. The van der Waals surface area contributed by atoms with Crippen molar-refractivity contribution < 1.29 is 40.8 Å². The Morgan fingerprint density at radius 1 is 0.750 bits per heavy atom. The number of rotatable bonds is 3. The molecule has 0 aliphatic carbocycles. The molecule has 1 N–H and O–H groups in total. The molecule has 1 aliphatic heterocycles. The normalized spacial score (nSPS) is 20.3. The lowest BCUT2D eigenvalue weighted by atomic mass is 9.74. The van der Waals surface area contributed by atoms with Gasteiger partial charge < -0.3 is 14.4 Å². The minimum absolute atomic E-state index is 0.191. The molecule has 2 aromatic carbocycles. The number of hydrogen-bond acceptors (Lipinski definition) is 3. The van der Waals surface area contributed by atoms with E-state index in [-0.39, 0.29) is 16.6 Å². The fraction of sp³-hybridized carbons (Fsp3) is 0.455. The van der Waals surface area contributed by atoms with Crippen molar-refractivity contribution in [1.82, 2.24) is 0 Å². The van der Waals surface area contributed by atoms with E-state index in [9.17, 15) is 31.4 Å². The maximum atomic E-state index is 13.9. The van der Waals surface area contributed by atoms with Gasteiger partial charge in [-0.2, -0.15) is 26.3 Å². The first-order chi connectivity index (χ1) is 14.4. The summed E-state index contributed by atoms with van der Waals surface area (Å²) in [5.74, 6) is 0. The average molecular weight is 460 g/mol. The average Bonchev–Trinajstić information content (AvgIpc) is 2.87. The zero-order valence-electron chi connectivity index (χ0n) is 18.2. The van der Waals surface area contributed by atoms with Crippen molar-refractivity contribution in [2.24, 2.45) is 0 Å². The molecular weight excluding hydrogens is 437 g/mol. The fourth-order valence-electron chi connectivity index (χ4n) is 3.45. The highest BCUT2D eigenvalue weighted by Gasteiger charge is 2.53. The maximum Gasteiger partial charge on any atom is 0.495 e. The molecule has 1 heterocycles. The highest BCUT2D eigenvalue weighted by atomic mass is 19.4. The van der Waals surface area contributed by atoms with Gasteiger partial charge in [0, 0.05) is 0 Å². The van der Waals surface area contributed by atoms with Crippen molar-refractivity contribution in [3.05, 3.63) is 64.7 Å². The lowest BCUT2D eigenvalue weighted by molar-refractivity contribution is -0.138. The number of alkyl halides is 6. The Bertz CT molecular complexity index is 995. The molecule has 0 amide bonds. The van der Waals surface area contributed by atoms with Crippen LogP contribution < -0.4 is 5.46 Å². The van der Waals surface area contributed by atoms with E-state index in [1.54, 1.807) is 27.7 Å². The minimum atomic E-state index is -4.82. The molecule has 0 saturated carbocycles. The van der Waals surface area contributed by atoms with Gasteiger partial charge in [-0.25, -0.2) is 0 Å². The molecule has 1 atom stereocenters. The van der Waals surface area contributed by atoms with E-state index < -0.39 is 47.4 Å². The lowest BCUT2D eigenvalue weighted by Crippen LogP contribution is -2.41. The summed E-state index contributed by atoms with van der Waals surface area (Å²) in [5, 5.41) is 11.0. The van der Waals surface area contributed by atoms with Crippen molar-refractivity contribution >= 4 is 12.6 Å². The largest absolute Gasteiger partial charge is 0.495 e. The van der Waals surface area contributed by atoms with Crippen LogP contribution in [-0.2, 0) is 27.3 Å². The van der Waals surface area contributed by atoms with Gasteiger partial charge in [0.2, 0.25) is 0 Å². The van der Waals surface area contributed by atoms with Crippen LogP contribution >= 0.6 is 0 Å². The number of aliphatic hydroxyl groups is 1. The molecule has 1 unspecified atom stereocenters. The predicted molar refractivity (Wildman–Crippen MR) is 107 cm³/mol. The Morgan fingerprint density at radius 3 is 1.75 bits per heavy atom. The Balaban J connectivity index is 2.09. The van der Waals surface area contributed by atoms with Crippen LogP contribution in [0.3, 0.4) is 0 Å². The van der Waals surface area contributed by atoms with Crippen LogP contribution in [0.2, 0.25) is 0 Å².